The Morgan fingerprint density at radius 3 is 2.55 bits per heavy atom. The summed E-state index contributed by atoms with van der Waals surface area (Å²) in [7, 11) is 0. The van der Waals surface area contributed by atoms with Gasteiger partial charge in [-0.05, 0) is 5.92 Å². The highest BCUT2D eigenvalue weighted by Gasteiger charge is 2.17. The SMILES string of the molecule is CC(C)CN1CCN(CCOc2cncc(Cl)c2)CC1. The molecule has 1 saturated heterocycles. The lowest BCUT2D eigenvalue weighted by Crippen LogP contribution is -2.48. The number of aromatic nitrogens is 1. The quantitative estimate of drug-likeness (QED) is 0.806. The second kappa shape index (κ2) is 7.81. The van der Waals surface area contributed by atoms with E-state index in [4.69, 9.17) is 16.3 Å². The molecule has 0 N–H and O–H groups in total. The van der Waals surface area contributed by atoms with Crippen LogP contribution in [0.15, 0.2) is 18.5 Å². The Kier molecular flexibility index (Phi) is 6.07. The molecule has 5 heteroatoms. The van der Waals surface area contributed by atoms with E-state index in [-0.39, 0.29) is 0 Å². The van der Waals surface area contributed by atoms with Crippen molar-refractivity contribution in [3.63, 3.8) is 0 Å². The van der Waals surface area contributed by atoms with Gasteiger partial charge < -0.3 is 9.64 Å². The Hall–Kier alpha value is -0.840. The van der Waals surface area contributed by atoms with Gasteiger partial charge in [0.05, 0.1) is 11.2 Å². The highest BCUT2D eigenvalue weighted by molar-refractivity contribution is 6.30. The lowest BCUT2D eigenvalue weighted by Gasteiger charge is -2.35. The van der Waals surface area contributed by atoms with Crippen molar-refractivity contribution in [2.24, 2.45) is 5.92 Å². The summed E-state index contributed by atoms with van der Waals surface area (Å²) in [6, 6.07) is 1.80. The number of pyridine rings is 1. The molecule has 2 rings (SSSR count). The van der Waals surface area contributed by atoms with Gasteiger partial charge in [0.2, 0.25) is 0 Å². The molecule has 0 atom stereocenters. The van der Waals surface area contributed by atoms with Gasteiger partial charge in [-0.3, -0.25) is 9.88 Å². The smallest absolute Gasteiger partial charge is 0.139 e. The summed E-state index contributed by atoms with van der Waals surface area (Å²) in [5, 5.41) is 0.616. The number of piperazine rings is 1. The van der Waals surface area contributed by atoms with Crippen molar-refractivity contribution in [3.05, 3.63) is 23.5 Å². The minimum absolute atomic E-state index is 0.616. The second-order valence-electron chi connectivity index (χ2n) is 5.72. The van der Waals surface area contributed by atoms with E-state index in [0.717, 1.165) is 44.4 Å². The number of rotatable bonds is 6. The normalized spacial score (nSPS) is 17.6. The summed E-state index contributed by atoms with van der Waals surface area (Å²) in [5.41, 5.74) is 0. The van der Waals surface area contributed by atoms with Gasteiger partial charge >= 0.3 is 0 Å². The molecule has 0 aliphatic carbocycles. The fourth-order valence-corrected chi connectivity index (χ4v) is 2.64. The highest BCUT2D eigenvalue weighted by Crippen LogP contribution is 2.15. The van der Waals surface area contributed by atoms with Crippen molar-refractivity contribution in [3.8, 4) is 5.75 Å². The third kappa shape index (κ3) is 5.27. The molecule has 1 aliphatic rings. The van der Waals surface area contributed by atoms with Crippen LogP contribution in [0.3, 0.4) is 0 Å². The summed E-state index contributed by atoms with van der Waals surface area (Å²) in [6.07, 6.45) is 3.31. The molecule has 1 fully saturated rings. The summed E-state index contributed by atoms with van der Waals surface area (Å²) < 4.78 is 5.68. The maximum absolute atomic E-state index is 5.87. The standard InChI is InChI=1S/C15H24ClN3O/c1-13(2)12-19-5-3-18(4-6-19)7-8-20-15-9-14(16)10-17-11-15/h9-11,13H,3-8,12H2,1-2H3. The molecule has 0 aromatic carbocycles. The van der Waals surface area contributed by atoms with Crippen LogP contribution in [-0.4, -0.2) is 60.7 Å². The van der Waals surface area contributed by atoms with Crippen molar-refractivity contribution in [1.29, 1.82) is 0 Å². The van der Waals surface area contributed by atoms with Crippen molar-refractivity contribution >= 4 is 11.6 Å². The zero-order valence-electron chi connectivity index (χ0n) is 12.4. The molecule has 4 nitrogen and oxygen atoms in total. The van der Waals surface area contributed by atoms with E-state index in [0.29, 0.717) is 11.6 Å². The van der Waals surface area contributed by atoms with Crippen LogP contribution in [0.5, 0.6) is 5.75 Å². The van der Waals surface area contributed by atoms with Crippen LogP contribution in [0, 0.1) is 5.92 Å². The zero-order valence-corrected chi connectivity index (χ0v) is 13.1. The van der Waals surface area contributed by atoms with Gasteiger partial charge in [-0.25, -0.2) is 0 Å². The van der Waals surface area contributed by atoms with Gasteiger partial charge in [0, 0.05) is 51.5 Å². The van der Waals surface area contributed by atoms with E-state index < -0.39 is 0 Å². The first-order valence-corrected chi connectivity index (χ1v) is 7.69. The molecule has 20 heavy (non-hydrogen) atoms. The lowest BCUT2D eigenvalue weighted by atomic mass is 10.2. The van der Waals surface area contributed by atoms with Crippen molar-refractivity contribution < 1.29 is 4.74 Å². The van der Waals surface area contributed by atoms with E-state index in [2.05, 4.69) is 28.6 Å². The molecule has 0 saturated carbocycles. The van der Waals surface area contributed by atoms with Crippen molar-refractivity contribution in [2.75, 3.05) is 45.9 Å². The van der Waals surface area contributed by atoms with Crippen LogP contribution in [0.1, 0.15) is 13.8 Å². The van der Waals surface area contributed by atoms with Gasteiger partial charge in [-0.2, -0.15) is 0 Å². The molecule has 0 unspecified atom stereocenters. The van der Waals surface area contributed by atoms with Crippen LogP contribution in [0.2, 0.25) is 5.02 Å². The monoisotopic (exact) mass is 297 g/mol. The van der Waals surface area contributed by atoms with Crippen LogP contribution in [0.4, 0.5) is 0 Å². The first kappa shape index (κ1) is 15.5. The molecular weight excluding hydrogens is 274 g/mol. The van der Waals surface area contributed by atoms with Gasteiger partial charge in [0.15, 0.2) is 0 Å². The molecular formula is C15H24ClN3O. The van der Waals surface area contributed by atoms with Gasteiger partial charge in [0.25, 0.3) is 0 Å². The molecule has 0 amide bonds. The van der Waals surface area contributed by atoms with Gasteiger partial charge in [0.1, 0.15) is 12.4 Å². The zero-order chi connectivity index (χ0) is 14.4. The average molecular weight is 298 g/mol. The number of ether oxygens (including phenoxy) is 1. The number of halogens is 1. The predicted molar refractivity (Wildman–Crippen MR) is 82.5 cm³/mol. The molecule has 0 bridgehead atoms. The average Bonchev–Trinajstić information content (AvgIpc) is 2.40. The molecule has 0 radical (unpaired) electrons. The summed E-state index contributed by atoms with van der Waals surface area (Å²) >= 11 is 5.87. The lowest BCUT2D eigenvalue weighted by molar-refractivity contribution is 0.109. The van der Waals surface area contributed by atoms with Crippen molar-refractivity contribution in [1.82, 2.24) is 14.8 Å². The highest BCUT2D eigenvalue weighted by atomic mass is 35.5. The van der Waals surface area contributed by atoms with Crippen LogP contribution < -0.4 is 4.74 Å². The van der Waals surface area contributed by atoms with E-state index in [1.165, 1.54) is 6.54 Å². The molecule has 112 valence electrons. The first-order valence-electron chi connectivity index (χ1n) is 7.31. The van der Waals surface area contributed by atoms with E-state index >= 15 is 0 Å². The van der Waals surface area contributed by atoms with Crippen LogP contribution in [0.25, 0.3) is 0 Å². The molecule has 2 heterocycles. The third-order valence-corrected chi connectivity index (χ3v) is 3.65. The summed E-state index contributed by atoms with van der Waals surface area (Å²) in [5.74, 6) is 1.50. The largest absolute Gasteiger partial charge is 0.491 e. The van der Waals surface area contributed by atoms with Gasteiger partial charge in [-0.15, -0.1) is 0 Å². The molecule has 1 aliphatic heterocycles. The van der Waals surface area contributed by atoms with Crippen LogP contribution >= 0.6 is 11.6 Å². The Labute approximate surface area is 126 Å². The van der Waals surface area contributed by atoms with E-state index in [1.807, 2.05) is 0 Å². The van der Waals surface area contributed by atoms with Crippen molar-refractivity contribution in [2.45, 2.75) is 13.8 Å². The van der Waals surface area contributed by atoms with Gasteiger partial charge in [-0.1, -0.05) is 25.4 Å². The molecule has 0 spiro atoms. The molecule has 1 aromatic rings. The summed E-state index contributed by atoms with van der Waals surface area (Å²) in [4.78, 5) is 9.01. The Morgan fingerprint density at radius 2 is 1.90 bits per heavy atom. The maximum Gasteiger partial charge on any atom is 0.139 e. The second-order valence-corrected chi connectivity index (χ2v) is 6.16. The Bertz CT molecular complexity index is 406. The molecule has 1 aromatic heterocycles. The first-order chi connectivity index (χ1) is 9.63. The maximum atomic E-state index is 5.87. The Balaban J connectivity index is 1.64. The number of hydrogen-bond donors (Lipinski definition) is 0. The Morgan fingerprint density at radius 1 is 1.20 bits per heavy atom. The minimum Gasteiger partial charge on any atom is -0.491 e. The number of nitrogens with zero attached hydrogens (tertiary/aromatic N) is 3. The van der Waals surface area contributed by atoms with E-state index in [9.17, 15) is 0 Å². The third-order valence-electron chi connectivity index (χ3n) is 3.44. The minimum atomic E-state index is 0.616. The fourth-order valence-electron chi connectivity index (χ4n) is 2.48. The summed E-state index contributed by atoms with van der Waals surface area (Å²) in [6.45, 7) is 12.0. The van der Waals surface area contributed by atoms with E-state index in [1.54, 1.807) is 18.5 Å². The number of hydrogen-bond acceptors (Lipinski definition) is 4. The van der Waals surface area contributed by atoms with Crippen LogP contribution in [-0.2, 0) is 0 Å². The fraction of sp³-hybridized carbons (Fsp3) is 0.667. The topological polar surface area (TPSA) is 28.6 Å². The predicted octanol–water partition coefficient (Wildman–Crippen LogP) is 2.39.